The highest BCUT2D eigenvalue weighted by Crippen LogP contribution is 2.49. The Morgan fingerprint density at radius 1 is 1.19 bits per heavy atom. The molecule has 0 aromatic heterocycles. The molecule has 0 aliphatic carbocycles. The Morgan fingerprint density at radius 2 is 1.74 bits per heavy atom. The number of hydrogen-bond donors (Lipinski definition) is 1. The molecule has 1 N–H and O–H groups in total. The van der Waals surface area contributed by atoms with Crippen LogP contribution in [-0.4, -0.2) is 39.7 Å². The molecule has 150 valence electrons. The van der Waals surface area contributed by atoms with Gasteiger partial charge in [-0.1, -0.05) is 12.1 Å². The van der Waals surface area contributed by atoms with E-state index < -0.39 is 57.4 Å². The van der Waals surface area contributed by atoms with Gasteiger partial charge < -0.3 is 5.11 Å². The Labute approximate surface area is 144 Å². The second kappa shape index (κ2) is 6.00. The molecule has 0 amide bonds. The van der Waals surface area contributed by atoms with Gasteiger partial charge in [-0.3, -0.25) is 10.1 Å². The zero-order valence-electron chi connectivity index (χ0n) is 13.1. The molecule has 14 heteroatoms. The van der Waals surface area contributed by atoms with Gasteiger partial charge in [0.15, 0.2) is 0 Å². The lowest BCUT2D eigenvalue weighted by atomic mass is 10.0. The standard InChI is InChI=1S/C13H9F8N3O3/c1-6-3-2-4-7(9(6)24(26)27)23-10(25,12(16,17)18)5-8(22-23)11(14,15)13(19,20)21/h2-4,25H,5H2,1H3. The summed E-state index contributed by atoms with van der Waals surface area (Å²) in [6, 6.07) is 2.73. The lowest BCUT2D eigenvalue weighted by molar-refractivity contribution is -0.385. The summed E-state index contributed by atoms with van der Waals surface area (Å²) in [5, 5.41) is 23.0. The minimum atomic E-state index is -6.28. The van der Waals surface area contributed by atoms with Gasteiger partial charge in [0, 0.05) is 5.56 Å². The van der Waals surface area contributed by atoms with Crippen molar-refractivity contribution in [2.24, 2.45) is 5.10 Å². The Morgan fingerprint density at radius 3 is 2.19 bits per heavy atom. The molecular weight excluding hydrogens is 398 g/mol. The monoisotopic (exact) mass is 407 g/mol. The average Bonchev–Trinajstić information content (AvgIpc) is 2.84. The maximum Gasteiger partial charge on any atom is 0.459 e. The lowest BCUT2D eigenvalue weighted by Gasteiger charge is -2.33. The third kappa shape index (κ3) is 3.17. The summed E-state index contributed by atoms with van der Waals surface area (Å²) in [5.41, 5.74) is -9.03. The molecule has 0 spiro atoms. The predicted octanol–water partition coefficient (Wildman–Crippen LogP) is 3.92. The molecule has 1 unspecified atom stereocenters. The van der Waals surface area contributed by atoms with Crippen molar-refractivity contribution < 1.29 is 45.2 Å². The largest absolute Gasteiger partial charge is 0.459 e. The maximum absolute atomic E-state index is 13.5. The maximum atomic E-state index is 13.5. The van der Waals surface area contributed by atoms with Crippen LogP contribution in [0.25, 0.3) is 0 Å². The Balaban J connectivity index is 2.75. The normalized spacial score (nSPS) is 21.4. The molecule has 0 saturated carbocycles. The first-order chi connectivity index (χ1) is 12.0. The van der Waals surface area contributed by atoms with Crippen LogP contribution < -0.4 is 5.01 Å². The van der Waals surface area contributed by atoms with Crippen molar-refractivity contribution in [3.05, 3.63) is 33.9 Å². The van der Waals surface area contributed by atoms with Crippen LogP contribution in [0.4, 0.5) is 46.5 Å². The molecule has 1 atom stereocenters. The number of benzene rings is 1. The Bertz CT molecular complexity index is 805. The van der Waals surface area contributed by atoms with Crippen LogP contribution >= 0.6 is 0 Å². The van der Waals surface area contributed by atoms with Crippen molar-refractivity contribution in [1.29, 1.82) is 0 Å². The molecule has 2 rings (SSSR count). The highest BCUT2D eigenvalue weighted by Gasteiger charge is 2.70. The fourth-order valence-electron chi connectivity index (χ4n) is 2.41. The number of nitro groups is 1. The minimum absolute atomic E-state index is 0.228. The number of rotatable bonds is 3. The second-order valence-corrected chi connectivity index (χ2v) is 5.62. The van der Waals surface area contributed by atoms with E-state index in [1.165, 1.54) is 0 Å². The van der Waals surface area contributed by atoms with Crippen LogP contribution in [0.3, 0.4) is 0 Å². The number of para-hydroxylation sites is 1. The number of aliphatic hydroxyl groups is 1. The number of hydrogen-bond acceptors (Lipinski definition) is 5. The van der Waals surface area contributed by atoms with E-state index in [2.05, 4.69) is 5.10 Å². The van der Waals surface area contributed by atoms with E-state index in [1.807, 2.05) is 0 Å². The first-order valence-electron chi connectivity index (χ1n) is 6.90. The van der Waals surface area contributed by atoms with Crippen molar-refractivity contribution in [2.75, 3.05) is 5.01 Å². The van der Waals surface area contributed by atoms with Crippen LogP contribution in [0.1, 0.15) is 12.0 Å². The van der Waals surface area contributed by atoms with Gasteiger partial charge in [-0.05, 0) is 13.0 Å². The number of hydrazone groups is 1. The predicted molar refractivity (Wildman–Crippen MR) is 74.4 cm³/mol. The van der Waals surface area contributed by atoms with Gasteiger partial charge in [0.25, 0.3) is 11.4 Å². The van der Waals surface area contributed by atoms with E-state index in [1.54, 1.807) is 0 Å². The van der Waals surface area contributed by atoms with E-state index in [0.717, 1.165) is 19.1 Å². The van der Waals surface area contributed by atoms with Crippen LogP contribution in [0, 0.1) is 17.0 Å². The summed E-state index contributed by atoms with van der Waals surface area (Å²) in [6.45, 7) is 1.10. The third-order valence-electron chi connectivity index (χ3n) is 3.78. The van der Waals surface area contributed by atoms with E-state index in [9.17, 15) is 50.3 Å². The minimum Gasteiger partial charge on any atom is -0.362 e. The van der Waals surface area contributed by atoms with Crippen LogP contribution in [0.2, 0.25) is 0 Å². The van der Waals surface area contributed by atoms with Gasteiger partial charge in [0.1, 0.15) is 11.4 Å². The second-order valence-electron chi connectivity index (χ2n) is 5.62. The van der Waals surface area contributed by atoms with Crippen molar-refractivity contribution in [3.63, 3.8) is 0 Å². The number of alkyl halides is 8. The van der Waals surface area contributed by atoms with Crippen molar-refractivity contribution in [2.45, 2.75) is 37.3 Å². The molecule has 0 fully saturated rings. The van der Waals surface area contributed by atoms with E-state index in [4.69, 9.17) is 0 Å². The van der Waals surface area contributed by atoms with Gasteiger partial charge in [-0.15, -0.1) is 0 Å². The molecule has 1 aromatic carbocycles. The van der Waals surface area contributed by atoms with Gasteiger partial charge in [-0.2, -0.15) is 40.2 Å². The number of nitrogens with zero attached hydrogens (tertiary/aromatic N) is 3. The van der Waals surface area contributed by atoms with Crippen molar-refractivity contribution >= 4 is 17.1 Å². The number of halogens is 8. The van der Waals surface area contributed by atoms with E-state index in [-0.39, 0.29) is 5.56 Å². The highest BCUT2D eigenvalue weighted by molar-refractivity contribution is 5.96. The molecule has 1 aromatic rings. The molecule has 1 heterocycles. The fraction of sp³-hybridized carbons (Fsp3) is 0.462. The van der Waals surface area contributed by atoms with Crippen molar-refractivity contribution in [3.8, 4) is 0 Å². The molecule has 27 heavy (non-hydrogen) atoms. The zero-order valence-corrected chi connectivity index (χ0v) is 13.1. The van der Waals surface area contributed by atoms with E-state index >= 15 is 0 Å². The van der Waals surface area contributed by atoms with Crippen LogP contribution in [-0.2, 0) is 0 Å². The van der Waals surface area contributed by atoms with E-state index in [0.29, 0.717) is 6.07 Å². The Kier molecular flexibility index (Phi) is 4.62. The number of aryl methyl sites for hydroxylation is 1. The summed E-state index contributed by atoms with van der Waals surface area (Å²) in [5.74, 6) is -5.79. The molecule has 1 aliphatic rings. The first kappa shape index (κ1) is 20.8. The quantitative estimate of drug-likeness (QED) is 0.468. The smallest absolute Gasteiger partial charge is 0.362 e. The first-order valence-corrected chi connectivity index (χ1v) is 6.90. The average molecular weight is 407 g/mol. The molecule has 0 bridgehead atoms. The summed E-state index contributed by atoms with van der Waals surface area (Å²) < 4.78 is 104. The van der Waals surface area contributed by atoms with Crippen molar-refractivity contribution in [1.82, 2.24) is 0 Å². The summed E-state index contributed by atoms with van der Waals surface area (Å²) in [6.07, 6.45) is -14.3. The van der Waals surface area contributed by atoms with Gasteiger partial charge in [0.2, 0.25) is 0 Å². The van der Waals surface area contributed by atoms with Crippen LogP contribution in [0.15, 0.2) is 23.3 Å². The lowest BCUT2D eigenvalue weighted by Crippen LogP contribution is -2.56. The van der Waals surface area contributed by atoms with Gasteiger partial charge in [-0.25, -0.2) is 5.01 Å². The molecular formula is C13H9F8N3O3. The SMILES string of the molecule is Cc1cccc(N2N=C(C(F)(F)C(F)(F)F)CC2(O)C(F)(F)F)c1[N+](=O)[O-]. The molecule has 0 radical (unpaired) electrons. The zero-order chi connectivity index (χ0) is 21.0. The Hall–Kier alpha value is -2.51. The van der Waals surface area contributed by atoms with Gasteiger partial charge >= 0.3 is 18.3 Å². The topological polar surface area (TPSA) is 79.0 Å². The third-order valence-corrected chi connectivity index (χ3v) is 3.78. The molecule has 0 saturated heterocycles. The highest BCUT2D eigenvalue weighted by atomic mass is 19.4. The number of nitro benzene ring substituents is 1. The fourth-order valence-corrected chi connectivity index (χ4v) is 2.41. The molecule has 1 aliphatic heterocycles. The molecule has 6 nitrogen and oxygen atoms in total. The summed E-state index contributed by atoms with van der Waals surface area (Å²) in [7, 11) is 0. The number of anilines is 1. The van der Waals surface area contributed by atoms with Gasteiger partial charge in [0.05, 0.1) is 11.3 Å². The summed E-state index contributed by atoms with van der Waals surface area (Å²) >= 11 is 0. The summed E-state index contributed by atoms with van der Waals surface area (Å²) in [4.78, 5) is 9.97. The van der Waals surface area contributed by atoms with Crippen LogP contribution in [0.5, 0.6) is 0 Å².